The summed E-state index contributed by atoms with van der Waals surface area (Å²) in [5.74, 6) is 2.48. The lowest BCUT2D eigenvalue weighted by molar-refractivity contribution is -0.118. The highest BCUT2D eigenvalue weighted by Gasteiger charge is 2.15. The highest BCUT2D eigenvalue weighted by Crippen LogP contribution is 2.35. The van der Waals surface area contributed by atoms with Crippen molar-refractivity contribution >= 4 is 34.1 Å². The molecule has 1 amide bonds. The molecule has 2 heterocycles. The first-order valence-electron chi connectivity index (χ1n) is 9.09. The zero-order valence-electron chi connectivity index (χ0n) is 15.5. The molecule has 0 saturated carbocycles. The topological polar surface area (TPSA) is 82.6 Å². The van der Waals surface area contributed by atoms with Gasteiger partial charge in [-0.1, -0.05) is 53.4 Å². The minimum atomic E-state index is -0.292. The summed E-state index contributed by atoms with van der Waals surface area (Å²) in [6.45, 7) is 0.0711. The van der Waals surface area contributed by atoms with Crippen LogP contribution < -0.4 is 19.5 Å². The number of aromatic nitrogens is 2. The zero-order valence-corrected chi connectivity index (χ0v) is 17.1. The normalized spacial score (nSPS) is 12.0. The van der Waals surface area contributed by atoms with Gasteiger partial charge in [-0.05, 0) is 30.5 Å². The van der Waals surface area contributed by atoms with Gasteiger partial charge in [-0.15, -0.1) is 10.2 Å². The lowest BCUT2D eigenvalue weighted by Gasteiger charge is -2.06. The van der Waals surface area contributed by atoms with Gasteiger partial charge in [-0.25, -0.2) is 0 Å². The number of nitrogens with one attached hydrogen (secondary N) is 1. The van der Waals surface area contributed by atoms with E-state index in [1.165, 1.54) is 16.9 Å². The number of ether oxygens (including phenoxy) is 3. The smallest absolute Gasteiger partial charge is 0.264 e. The van der Waals surface area contributed by atoms with Crippen LogP contribution in [0.1, 0.15) is 12.0 Å². The van der Waals surface area contributed by atoms with Gasteiger partial charge in [0.25, 0.3) is 5.91 Å². The molecule has 0 fully saturated rings. The predicted octanol–water partition coefficient (Wildman–Crippen LogP) is 4.01. The fraction of sp³-hybridized carbons (Fsp3) is 0.250. The monoisotopic (exact) mass is 429 g/mol. The second kappa shape index (κ2) is 9.62. The lowest BCUT2D eigenvalue weighted by atomic mass is 10.1. The molecule has 29 heavy (non-hydrogen) atoms. The van der Waals surface area contributed by atoms with Crippen molar-refractivity contribution in [1.29, 1.82) is 0 Å². The molecule has 0 atom stereocenters. The first kappa shape index (κ1) is 19.5. The van der Waals surface area contributed by atoms with Crippen LogP contribution in [-0.2, 0) is 11.2 Å². The summed E-state index contributed by atoms with van der Waals surface area (Å²) in [7, 11) is 0. The van der Waals surface area contributed by atoms with Crippen molar-refractivity contribution in [2.45, 2.75) is 17.2 Å². The summed E-state index contributed by atoms with van der Waals surface area (Å²) in [5, 5.41) is 11.3. The Balaban J connectivity index is 1.18. The minimum absolute atomic E-state index is 0.126. The minimum Gasteiger partial charge on any atom is -0.484 e. The van der Waals surface area contributed by atoms with Gasteiger partial charge in [-0.3, -0.25) is 10.1 Å². The highest BCUT2D eigenvalue weighted by atomic mass is 32.2. The van der Waals surface area contributed by atoms with Gasteiger partial charge in [-0.2, -0.15) is 0 Å². The molecule has 7 nitrogen and oxygen atoms in total. The first-order valence-corrected chi connectivity index (χ1v) is 10.9. The van der Waals surface area contributed by atoms with Gasteiger partial charge in [0, 0.05) is 11.8 Å². The van der Waals surface area contributed by atoms with E-state index in [0.29, 0.717) is 22.4 Å². The SMILES string of the molecule is O=C(COc1ccc2c(c1)OCO2)Nc1nnc(SCCCc2ccccc2)s1. The second-order valence-electron chi connectivity index (χ2n) is 6.16. The number of hydrogen-bond acceptors (Lipinski definition) is 8. The predicted molar refractivity (Wildman–Crippen MR) is 112 cm³/mol. The van der Waals surface area contributed by atoms with E-state index in [9.17, 15) is 4.79 Å². The van der Waals surface area contributed by atoms with E-state index in [1.54, 1.807) is 30.0 Å². The first-order chi connectivity index (χ1) is 14.3. The van der Waals surface area contributed by atoms with Gasteiger partial charge in [0.1, 0.15) is 5.75 Å². The number of fused-ring (bicyclic) bond motifs is 1. The Kier molecular flexibility index (Phi) is 6.48. The average Bonchev–Trinajstić information content (AvgIpc) is 3.39. The number of thioether (sulfide) groups is 1. The summed E-state index contributed by atoms with van der Waals surface area (Å²) in [6.07, 6.45) is 2.09. The van der Waals surface area contributed by atoms with Crippen LogP contribution in [0.25, 0.3) is 0 Å². The van der Waals surface area contributed by atoms with Crippen LogP contribution in [0.2, 0.25) is 0 Å². The molecule has 1 aliphatic heterocycles. The van der Waals surface area contributed by atoms with E-state index >= 15 is 0 Å². The van der Waals surface area contributed by atoms with Crippen LogP contribution in [0, 0.1) is 0 Å². The van der Waals surface area contributed by atoms with Gasteiger partial charge in [0.05, 0.1) is 0 Å². The van der Waals surface area contributed by atoms with Gasteiger partial charge >= 0.3 is 0 Å². The van der Waals surface area contributed by atoms with E-state index in [2.05, 4.69) is 39.8 Å². The summed E-state index contributed by atoms with van der Waals surface area (Å²) in [4.78, 5) is 12.1. The summed E-state index contributed by atoms with van der Waals surface area (Å²) in [5.41, 5.74) is 1.33. The number of anilines is 1. The largest absolute Gasteiger partial charge is 0.484 e. The van der Waals surface area contributed by atoms with Gasteiger partial charge < -0.3 is 14.2 Å². The molecule has 0 unspecified atom stereocenters. The highest BCUT2D eigenvalue weighted by molar-refractivity contribution is 8.01. The standard InChI is InChI=1S/C20H19N3O4S2/c24-18(12-25-15-8-9-16-17(11-15)27-13-26-16)21-19-22-23-20(29-19)28-10-4-7-14-5-2-1-3-6-14/h1-3,5-6,8-9,11H,4,7,10,12-13H2,(H,21,22,24). The Bertz CT molecular complexity index is 965. The van der Waals surface area contributed by atoms with Crippen molar-refractivity contribution in [3.63, 3.8) is 0 Å². The molecular formula is C20H19N3O4S2. The van der Waals surface area contributed by atoms with E-state index < -0.39 is 0 Å². The molecule has 3 aromatic rings. The summed E-state index contributed by atoms with van der Waals surface area (Å²) < 4.78 is 16.9. The third kappa shape index (κ3) is 5.61. The lowest BCUT2D eigenvalue weighted by Crippen LogP contribution is -2.20. The van der Waals surface area contributed by atoms with Crippen LogP contribution in [0.5, 0.6) is 17.2 Å². The van der Waals surface area contributed by atoms with Crippen molar-refractivity contribution in [1.82, 2.24) is 10.2 Å². The fourth-order valence-electron chi connectivity index (χ4n) is 2.67. The molecule has 0 spiro atoms. The Morgan fingerprint density at radius 2 is 2.00 bits per heavy atom. The zero-order chi connectivity index (χ0) is 19.9. The number of rotatable bonds is 9. The van der Waals surface area contributed by atoms with Crippen LogP contribution in [0.15, 0.2) is 52.9 Å². The Morgan fingerprint density at radius 3 is 2.90 bits per heavy atom. The van der Waals surface area contributed by atoms with Crippen molar-refractivity contribution in [2.75, 3.05) is 24.5 Å². The Morgan fingerprint density at radius 1 is 1.14 bits per heavy atom. The van der Waals surface area contributed by atoms with E-state index in [0.717, 1.165) is 22.9 Å². The van der Waals surface area contributed by atoms with E-state index in [1.807, 2.05) is 6.07 Å². The number of carbonyl (C=O) groups excluding carboxylic acids is 1. The molecule has 1 aromatic heterocycles. The average molecular weight is 430 g/mol. The van der Waals surface area contributed by atoms with Crippen LogP contribution >= 0.6 is 23.1 Å². The van der Waals surface area contributed by atoms with Gasteiger partial charge in [0.2, 0.25) is 11.9 Å². The van der Waals surface area contributed by atoms with E-state index in [-0.39, 0.29) is 19.3 Å². The molecule has 0 aliphatic carbocycles. The number of nitrogens with zero attached hydrogens (tertiary/aromatic N) is 2. The second-order valence-corrected chi connectivity index (χ2v) is 8.48. The molecule has 1 aliphatic rings. The quantitative estimate of drug-likeness (QED) is 0.313. The molecule has 0 radical (unpaired) electrons. The Labute approximate surface area is 176 Å². The molecule has 1 N–H and O–H groups in total. The van der Waals surface area contributed by atoms with E-state index in [4.69, 9.17) is 14.2 Å². The van der Waals surface area contributed by atoms with Crippen molar-refractivity contribution < 1.29 is 19.0 Å². The number of aryl methyl sites for hydroxylation is 1. The van der Waals surface area contributed by atoms with Crippen molar-refractivity contribution in [3.8, 4) is 17.2 Å². The molecular weight excluding hydrogens is 410 g/mol. The van der Waals surface area contributed by atoms with Crippen LogP contribution in [0.3, 0.4) is 0 Å². The summed E-state index contributed by atoms with van der Waals surface area (Å²) in [6, 6.07) is 15.6. The maximum Gasteiger partial charge on any atom is 0.264 e. The number of carbonyl (C=O) groups is 1. The van der Waals surface area contributed by atoms with Crippen molar-refractivity contribution in [2.24, 2.45) is 0 Å². The maximum absolute atomic E-state index is 12.1. The molecule has 2 aromatic carbocycles. The number of hydrogen-bond donors (Lipinski definition) is 1. The van der Waals surface area contributed by atoms with Crippen LogP contribution in [0.4, 0.5) is 5.13 Å². The summed E-state index contributed by atoms with van der Waals surface area (Å²) >= 11 is 3.01. The molecule has 150 valence electrons. The van der Waals surface area contributed by atoms with Gasteiger partial charge in [0.15, 0.2) is 22.4 Å². The van der Waals surface area contributed by atoms with Crippen LogP contribution in [-0.4, -0.2) is 35.3 Å². The van der Waals surface area contributed by atoms with Crippen molar-refractivity contribution in [3.05, 3.63) is 54.1 Å². The third-order valence-corrected chi connectivity index (χ3v) is 6.10. The molecule has 0 saturated heterocycles. The number of benzene rings is 2. The molecule has 9 heteroatoms. The fourth-order valence-corrected chi connectivity index (χ4v) is 4.45. The molecule has 0 bridgehead atoms. The third-order valence-electron chi connectivity index (χ3n) is 4.04. The number of amides is 1. The maximum atomic E-state index is 12.1. The molecule has 4 rings (SSSR count). The Hall–Kier alpha value is -2.78.